The van der Waals surface area contributed by atoms with Gasteiger partial charge >= 0.3 is 5.97 Å². The summed E-state index contributed by atoms with van der Waals surface area (Å²) < 4.78 is 6.00. The summed E-state index contributed by atoms with van der Waals surface area (Å²) in [6, 6.07) is 3.94. The summed E-state index contributed by atoms with van der Waals surface area (Å²) in [4.78, 5) is 14.8. The molecule has 0 bridgehead atoms. The van der Waals surface area contributed by atoms with Crippen molar-refractivity contribution in [3.63, 3.8) is 0 Å². The number of H-pyrrole nitrogens is 1. The van der Waals surface area contributed by atoms with Crippen LogP contribution in [0.4, 0.5) is 0 Å². The van der Waals surface area contributed by atoms with Gasteiger partial charge in [-0.3, -0.25) is 4.79 Å². The van der Waals surface area contributed by atoms with E-state index >= 15 is 0 Å². The zero-order valence-corrected chi connectivity index (χ0v) is 14.5. The summed E-state index contributed by atoms with van der Waals surface area (Å²) in [6.07, 6.45) is 1.89. The van der Waals surface area contributed by atoms with E-state index in [1.54, 1.807) is 6.07 Å². The van der Waals surface area contributed by atoms with Crippen LogP contribution in [0.5, 0.6) is 0 Å². The molecule has 0 amide bonds. The van der Waals surface area contributed by atoms with Crippen molar-refractivity contribution in [2.45, 2.75) is 51.7 Å². The molecule has 25 heavy (non-hydrogen) atoms. The molecule has 6 nitrogen and oxygen atoms in total. The lowest BCUT2D eigenvalue weighted by molar-refractivity contribution is -0.149. The fourth-order valence-electron chi connectivity index (χ4n) is 4.02. The largest absolute Gasteiger partial charge is 0.481 e. The van der Waals surface area contributed by atoms with E-state index in [4.69, 9.17) is 4.74 Å². The van der Waals surface area contributed by atoms with Gasteiger partial charge in [-0.05, 0) is 42.5 Å². The van der Waals surface area contributed by atoms with Crippen LogP contribution < -0.4 is 0 Å². The number of nitriles is 1. The zero-order valence-electron chi connectivity index (χ0n) is 14.5. The number of fused-ring (bicyclic) bond motifs is 3. The number of carbonyl (C=O) groups is 1. The molecule has 0 spiro atoms. The number of aromatic amines is 1. The lowest BCUT2D eigenvalue weighted by Gasteiger charge is -2.36. The van der Waals surface area contributed by atoms with Gasteiger partial charge in [0.2, 0.25) is 0 Å². The molecule has 0 aliphatic carbocycles. The van der Waals surface area contributed by atoms with Gasteiger partial charge < -0.3 is 19.9 Å². The summed E-state index contributed by atoms with van der Waals surface area (Å²) in [5, 5.41) is 29.4. The predicted molar refractivity (Wildman–Crippen MR) is 92.2 cm³/mol. The minimum absolute atomic E-state index is 0.117. The van der Waals surface area contributed by atoms with Crippen LogP contribution in [-0.2, 0) is 28.2 Å². The van der Waals surface area contributed by atoms with Crippen LogP contribution in [0.25, 0.3) is 10.9 Å². The summed E-state index contributed by atoms with van der Waals surface area (Å²) in [5.41, 5.74) is 3.72. The molecule has 0 saturated heterocycles. The molecule has 1 unspecified atom stereocenters. The van der Waals surface area contributed by atoms with Crippen molar-refractivity contribution in [3.05, 3.63) is 34.0 Å². The molecular formula is C19H22N2O4. The molecule has 1 aromatic heterocycles. The highest BCUT2D eigenvalue weighted by Gasteiger charge is 2.42. The molecule has 3 N–H and O–H groups in total. The standard InChI is InChI=1S/C19H22N2O4/c1-3-5-19(8-15(23)24)18-14(4-6-25-19)16-12(9-20)7-13(10-22)11(2)17(16)21-18/h7,21-22H,3-6,8,10H2,1-2H3,(H,23,24). The number of aliphatic carboxylic acids is 1. The van der Waals surface area contributed by atoms with Crippen molar-refractivity contribution in [1.82, 2.24) is 4.98 Å². The Bertz CT molecular complexity index is 878. The number of aliphatic hydroxyl groups is 1. The van der Waals surface area contributed by atoms with Crippen molar-refractivity contribution >= 4 is 16.9 Å². The van der Waals surface area contributed by atoms with Crippen LogP contribution in [0.3, 0.4) is 0 Å². The summed E-state index contributed by atoms with van der Waals surface area (Å²) >= 11 is 0. The Morgan fingerprint density at radius 2 is 2.28 bits per heavy atom. The Balaban J connectivity index is 2.34. The van der Waals surface area contributed by atoms with Crippen LogP contribution in [0, 0.1) is 18.3 Å². The van der Waals surface area contributed by atoms with Gasteiger partial charge in [0.25, 0.3) is 0 Å². The van der Waals surface area contributed by atoms with E-state index < -0.39 is 11.6 Å². The average molecular weight is 342 g/mol. The predicted octanol–water partition coefficient (Wildman–Crippen LogP) is 2.88. The topological polar surface area (TPSA) is 106 Å². The number of aliphatic hydroxyl groups excluding tert-OH is 1. The minimum Gasteiger partial charge on any atom is -0.481 e. The smallest absolute Gasteiger partial charge is 0.306 e. The monoisotopic (exact) mass is 342 g/mol. The number of ether oxygens (including phenoxy) is 1. The van der Waals surface area contributed by atoms with Crippen molar-refractivity contribution in [1.29, 1.82) is 5.26 Å². The maximum Gasteiger partial charge on any atom is 0.306 e. The van der Waals surface area contributed by atoms with Crippen molar-refractivity contribution < 1.29 is 19.7 Å². The van der Waals surface area contributed by atoms with E-state index in [1.807, 2.05) is 13.8 Å². The third kappa shape index (κ3) is 2.70. The lowest BCUT2D eigenvalue weighted by Crippen LogP contribution is -2.37. The van der Waals surface area contributed by atoms with E-state index in [-0.39, 0.29) is 13.0 Å². The second-order valence-electron chi connectivity index (χ2n) is 6.62. The molecule has 1 aliphatic heterocycles. The Hall–Kier alpha value is -2.36. The van der Waals surface area contributed by atoms with Crippen molar-refractivity contribution in [3.8, 4) is 6.07 Å². The summed E-state index contributed by atoms with van der Waals surface area (Å²) in [6.45, 7) is 4.18. The van der Waals surface area contributed by atoms with Gasteiger partial charge in [0, 0.05) is 5.39 Å². The third-order valence-electron chi connectivity index (χ3n) is 5.12. The fraction of sp³-hybridized carbons (Fsp3) is 0.474. The quantitative estimate of drug-likeness (QED) is 0.774. The number of benzene rings is 1. The van der Waals surface area contributed by atoms with Gasteiger partial charge in [-0.1, -0.05) is 13.3 Å². The van der Waals surface area contributed by atoms with E-state index in [0.29, 0.717) is 30.6 Å². The molecule has 6 heteroatoms. The highest BCUT2D eigenvalue weighted by molar-refractivity contribution is 5.93. The van der Waals surface area contributed by atoms with Gasteiger partial charge in [0.1, 0.15) is 5.60 Å². The Labute approximate surface area is 146 Å². The number of nitrogens with zero attached hydrogens (tertiary/aromatic N) is 1. The number of nitrogens with one attached hydrogen (secondary N) is 1. The molecule has 0 saturated carbocycles. The highest BCUT2D eigenvalue weighted by atomic mass is 16.5. The fourth-order valence-corrected chi connectivity index (χ4v) is 4.02. The van der Waals surface area contributed by atoms with Gasteiger partial charge in [0.05, 0.1) is 42.5 Å². The molecule has 1 atom stereocenters. The molecule has 2 aromatic rings. The van der Waals surface area contributed by atoms with Crippen LogP contribution >= 0.6 is 0 Å². The normalized spacial score (nSPS) is 19.6. The van der Waals surface area contributed by atoms with E-state index in [9.17, 15) is 20.3 Å². The van der Waals surface area contributed by atoms with Gasteiger partial charge in [-0.2, -0.15) is 5.26 Å². The van der Waals surface area contributed by atoms with Crippen LogP contribution in [0.2, 0.25) is 0 Å². The summed E-state index contributed by atoms with van der Waals surface area (Å²) in [7, 11) is 0. The maximum absolute atomic E-state index is 11.5. The van der Waals surface area contributed by atoms with Crippen LogP contribution in [-0.4, -0.2) is 27.8 Å². The third-order valence-corrected chi connectivity index (χ3v) is 5.12. The van der Waals surface area contributed by atoms with E-state index in [2.05, 4.69) is 11.1 Å². The molecule has 3 rings (SSSR count). The number of rotatable bonds is 5. The molecular weight excluding hydrogens is 320 g/mol. The number of aromatic nitrogens is 1. The van der Waals surface area contributed by atoms with Gasteiger partial charge in [0.15, 0.2) is 0 Å². The average Bonchev–Trinajstić information content (AvgIpc) is 2.97. The first-order chi connectivity index (χ1) is 12.0. The van der Waals surface area contributed by atoms with Crippen molar-refractivity contribution in [2.24, 2.45) is 0 Å². The van der Waals surface area contributed by atoms with Crippen molar-refractivity contribution in [2.75, 3.05) is 6.61 Å². The Morgan fingerprint density at radius 1 is 1.52 bits per heavy atom. The Kier molecular flexibility index (Phi) is 4.55. The molecule has 1 aliphatic rings. The van der Waals surface area contributed by atoms with E-state index in [1.165, 1.54) is 0 Å². The first-order valence-corrected chi connectivity index (χ1v) is 8.51. The molecule has 0 fully saturated rings. The van der Waals surface area contributed by atoms with Gasteiger partial charge in [-0.25, -0.2) is 0 Å². The number of carboxylic acid groups (broad SMARTS) is 1. The first kappa shape index (κ1) is 17.5. The molecule has 1 aromatic carbocycles. The van der Waals surface area contributed by atoms with Crippen LogP contribution in [0.15, 0.2) is 6.07 Å². The first-order valence-electron chi connectivity index (χ1n) is 8.51. The van der Waals surface area contributed by atoms with Gasteiger partial charge in [-0.15, -0.1) is 0 Å². The number of hydrogen-bond donors (Lipinski definition) is 3. The number of hydrogen-bond acceptors (Lipinski definition) is 4. The zero-order chi connectivity index (χ0) is 18.2. The van der Waals surface area contributed by atoms with E-state index in [0.717, 1.165) is 34.1 Å². The molecule has 2 heterocycles. The Morgan fingerprint density at radius 3 is 2.88 bits per heavy atom. The second kappa shape index (κ2) is 6.51. The highest BCUT2D eigenvalue weighted by Crippen LogP contribution is 2.44. The number of aryl methyl sites for hydroxylation is 1. The minimum atomic E-state index is -0.909. The lowest BCUT2D eigenvalue weighted by atomic mass is 9.84. The number of carboxylic acids is 1. The second-order valence-corrected chi connectivity index (χ2v) is 6.62. The summed E-state index contributed by atoms with van der Waals surface area (Å²) in [5.74, 6) is -0.909. The van der Waals surface area contributed by atoms with Crippen LogP contribution in [0.1, 0.15) is 54.1 Å². The molecule has 132 valence electrons. The SMILES string of the molecule is CCCC1(CC(=O)O)OCCc2c1[nH]c1c(C)c(CO)cc(C#N)c21. The molecule has 0 radical (unpaired) electrons. The maximum atomic E-state index is 11.5.